The molecule has 176 valence electrons. The summed E-state index contributed by atoms with van der Waals surface area (Å²) < 4.78 is 5.57. The quantitative estimate of drug-likeness (QED) is 0.259. The summed E-state index contributed by atoms with van der Waals surface area (Å²) in [5, 5.41) is 7.87. The Labute approximate surface area is 196 Å². The van der Waals surface area contributed by atoms with Crippen molar-refractivity contribution in [3.63, 3.8) is 0 Å². The summed E-state index contributed by atoms with van der Waals surface area (Å²) in [5.41, 5.74) is 9.76. The van der Waals surface area contributed by atoms with Gasteiger partial charge in [0.1, 0.15) is 6.10 Å². The van der Waals surface area contributed by atoms with Crippen molar-refractivity contribution in [2.24, 2.45) is 39.9 Å². The number of carbonyl (C=O) groups is 2. The van der Waals surface area contributed by atoms with Gasteiger partial charge in [-0.1, -0.05) is 13.0 Å². The van der Waals surface area contributed by atoms with Gasteiger partial charge in [-0.15, -0.1) is 0 Å². The van der Waals surface area contributed by atoms with Crippen molar-refractivity contribution in [3.8, 4) is 0 Å². The van der Waals surface area contributed by atoms with E-state index in [9.17, 15) is 9.59 Å². The van der Waals surface area contributed by atoms with Gasteiger partial charge in [0.25, 0.3) is 0 Å². The first kappa shape index (κ1) is 23.2. The molecule has 1 heterocycles. The molecular formula is C24H36N4O3S. The number of carbonyl (C=O) groups excluding carboxylic acids is 2. The summed E-state index contributed by atoms with van der Waals surface area (Å²) in [6, 6.07) is 0. The van der Waals surface area contributed by atoms with E-state index in [1.54, 1.807) is 0 Å². The number of hydrogen-bond acceptors (Lipinski definition) is 5. The number of nitrogens with zero attached hydrogens (tertiary/aromatic N) is 1. The predicted molar refractivity (Wildman–Crippen MR) is 128 cm³/mol. The van der Waals surface area contributed by atoms with Gasteiger partial charge in [-0.3, -0.25) is 15.0 Å². The summed E-state index contributed by atoms with van der Waals surface area (Å²) >= 11 is 4.89. The molecule has 0 unspecified atom stereocenters. The van der Waals surface area contributed by atoms with Crippen LogP contribution < -0.4 is 16.5 Å². The van der Waals surface area contributed by atoms with Gasteiger partial charge in [-0.25, -0.2) is 0 Å². The van der Waals surface area contributed by atoms with Gasteiger partial charge in [0.15, 0.2) is 5.11 Å². The Hall–Kier alpha value is -1.96. The maximum absolute atomic E-state index is 13.2. The molecule has 32 heavy (non-hydrogen) atoms. The predicted octanol–water partition coefficient (Wildman–Crippen LogP) is 3.18. The van der Waals surface area contributed by atoms with Gasteiger partial charge in [0.05, 0.1) is 11.3 Å². The zero-order valence-corrected chi connectivity index (χ0v) is 20.4. The summed E-state index contributed by atoms with van der Waals surface area (Å²) in [7, 11) is 0. The molecule has 0 aromatic rings. The minimum atomic E-state index is -0.444. The van der Waals surface area contributed by atoms with Gasteiger partial charge >= 0.3 is 5.97 Å². The van der Waals surface area contributed by atoms with Crippen molar-refractivity contribution in [1.29, 1.82) is 0 Å². The van der Waals surface area contributed by atoms with Crippen LogP contribution in [0, 0.1) is 29.1 Å². The minimum Gasteiger partial charge on any atom is -0.463 e. The number of ether oxygens (including phenoxy) is 1. The number of fused-ring (bicyclic) bond motifs is 5. The van der Waals surface area contributed by atoms with Crippen LogP contribution in [0.3, 0.4) is 0 Å². The standard InChI is InChI=1S/C24H36N4O3S/c1-13(27-28-22(25)32)18-7-8-19-17-6-5-15-11-16(31-14(2)29)9-10-23(15,3)20(17)12-21(30)26-24(18,19)4/h7,15-17,19-20H,5-6,8-12H2,1-4H3,(H,26,30)(H3,25,28,32)/b27-13+/t15-,16-,17-,19-,20-,23-,24+/m0/s1. The molecule has 3 aliphatic carbocycles. The highest BCUT2D eigenvalue weighted by Gasteiger charge is 2.59. The number of nitrogens with one attached hydrogen (secondary N) is 2. The second-order valence-electron chi connectivity index (χ2n) is 10.6. The van der Waals surface area contributed by atoms with Gasteiger partial charge in [0.2, 0.25) is 5.91 Å². The Morgan fingerprint density at radius 2 is 2.03 bits per heavy atom. The minimum absolute atomic E-state index is 0.0201. The molecule has 1 saturated heterocycles. The monoisotopic (exact) mass is 460 g/mol. The third kappa shape index (κ3) is 3.95. The number of allylic oxidation sites excluding steroid dienone is 1. The van der Waals surface area contributed by atoms with Crippen molar-refractivity contribution < 1.29 is 14.3 Å². The normalized spacial score (nSPS) is 41.2. The molecule has 2 saturated carbocycles. The molecule has 1 aliphatic heterocycles. The van der Waals surface area contributed by atoms with E-state index in [1.165, 1.54) is 6.92 Å². The fourth-order valence-electron chi connectivity index (χ4n) is 7.53. The molecule has 7 atom stereocenters. The van der Waals surface area contributed by atoms with Crippen LogP contribution in [0.2, 0.25) is 0 Å². The SMILES string of the molecule is CC(=O)O[C@H]1CC[C@@]2(C)[C@@H](CC[C@@H]3[C@@H]2CC(=O)N[C@]2(C)C(/C(C)=N/NC(N)=S)=CC[C@@H]32)C1. The number of rotatable bonds is 3. The molecule has 7 nitrogen and oxygen atoms in total. The van der Waals surface area contributed by atoms with Crippen molar-refractivity contribution in [3.05, 3.63) is 11.6 Å². The molecule has 1 amide bonds. The Morgan fingerprint density at radius 1 is 1.28 bits per heavy atom. The summed E-state index contributed by atoms with van der Waals surface area (Å²) in [5.74, 6) is 1.57. The zero-order chi connectivity index (χ0) is 23.3. The fraction of sp³-hybridized carbons (Fsp3) is 0.750. The second kappa shape index (κ2) is 8.43. The maximum Gasteiger partial charge on any atom is 0.302 e. The maximum atomic E-state index is 13.2. The molecule has 4 aliphatic rings. The lowest BCUT2D eigenvalue weighted by Gasteiger charge is -2.56. The van der Waals surface area contributed by atoms with Crippen LogP contribution in [0.25, 0.3) is 0 Å². The Balaban J connectivity index is 1.60. The molecule has 8 heteroatoms. The number of hydrogen-bond donors (Lipinski definition) is 3. The van der Waals surface area contributed by atoms with Crippen LogP contribution in [0.4, 0.5) is 0 Å². The Kier molecular flexibility index (Phi) is 6.11. The molecule has 0 aromatic heterocycles. The molecule has 0 bridgehead atoms. The van der Waals surface area contributed by atoms with E-state index >= 15 is 0 Å². The summed E-state index contributed by atoms with van der Waals surface area (Å²) in [6.45, 7) is 7.97. The van der Waals surface area contributed by atoms with Crippen molar-refractivity contribution in [2.75, 3.05) is 0 Å². The average molecular weight is 461 g/mol. The van der Waals surface area contributed by atoms with Crippen molar-refractivity contribution in [1.82, 2.24) is 10.7 Å². The largest absolute Gasteiger partial charge is 0.463 e. The number of esters is 1. The fourth-order valence-corrected chi connectivity index (χ4v) is 7.57. The van der Waals surface area contributed by atoms with E-state index in [1.807, 2.05) is 6.92 Å². The van der Waals surface area contributed by atoms with E-state index < -0.39 is 5.54 Å². The lowest BCUT2D eigenvalue weighted by atomic mass is 9.49. The lowest BCUT2D eigenvalue weighted by molar-refractivity contribution is -0.155. The first-order valence-corrected chi connectivity index (χ1v) is 12.2. The van der Waals surface area contributed by atoms with Crippen molar-refractivity contribution in [2.45, 2.75) is 84.3 Å². The highest BCUT2D eigenvalue weighted by Crippen LogP contribution is 2.61. The molecule has 4 N–H and O–H groups in total. The van der Waals surface area contributed by atoms with Crippen LogP contribution in [-0.2, 0) is 14.3 Å². The van der Waals surface area contributed by atoms with E-state index in [0.717, 1.165) is 49.8 Å². The van der Waals surface area contributed by atoms with Crippen LogP contribution in [0.1, 0.15) is 72.6 Å². The summed E-state index contributed by atoms with van der Waals surface area (Å²) in [6.07, 6.45) is 8.80. The average Bonchev–Trinajstić information content (AvgIpc) is 2.97. The van der Waals surface area contributed by atoms with E-state index in [4.69, 9.17) is 22.7 Å². The highest BCUT2D eigenvalue weighted by atomic mass is 32.1. The third-order valence-electron chi connectivity index (χ3n) is 8.95. The third-order valence-corrected chi connectivity index (χ3v) is 9.04. The second-order valence-corrected chi connectivity index (χ2v) is 11.1. The van der Waals surface area contributed by atoms with E-state index in [0.29, 0.717) is 30.1 Å². The Morgan fingerprint density at radius 3 is 2.72 bits per heavy atom. The van der Waals surface area contributed by atoms with Crippen LogP contribution in [0.15, 0.2) is 16.8 Å². The number of nitrogens with two attached hydrogens (primary N) is 1. The van der Waals surface area contributed by atoms with Gasteiger partial charge in [-0.2, -0.15) is 5.10 Å². The number of amides is 1. The van der Waals surface area contributed by atoms with Gasteiger partial charge in [-0.05, 0) is 99.2 Å². The van der Waals surface area contributed by atoms with Gasteiger partial charge in [0, 0.05) is 13.3 Å². The topological polar surface area (TPSA) is 106 Å². The summed E-state index contributed by atoms with van der Waals surface area (Å²) in [4.78, 5) is 24.7. The van der Waals surface area contributed by atoms with E-state index in [2.05, 4.69) is 35.8 Å². The molecule has 0 spiro atoms. The zero-order valence-electron chi connectivity index (χ0n) is 19.6. The number of hydrazone groups is 1. The molecule has 0 radical (unpaired) electrons. The highest BCUT2D eigenvalue weighted by molar-refractivity contribution is 7.80. The first-order chi connectivity index (χ1) is 15.0. The molecular weight excluding hydrogens is 424 g/mol. The lowest BCUT2D eigenvalue weighted by Crippen LogP contribution is -2.54. The molecule has 3 fully saturated rings. The Bertz CT molecular complexity index is 886. The first-order valence-electron chi connectivity index (χ1n) is 11.8. The van der Waals surface area contributed by atoms with Gasteiger partial charge < -0.3 is 15.8 Å². The van der Waals surface area contributed by atoms with Crippen LogP contribution in [-0.4, -0.2) is 34.3 Å². The number of thiocarbonyl (C=S) groups is 1. The van der Waals surface area contributed by atoms with Crippen LogP contribution in [0.5, 0.6) is 0 Å². The molecule has 0 aromatic carbocycles. The van der Waals surface area contributed by atoms with E-state index in [-0.39, 0.29) is 28.5 Å². The molecule has 4 rings (SSSR count). The van der Waals surface area contributed by atoms with Crippen LogP contribution >= 0.6 is 12.2 Å². The smallest absolute Gasteiger partial charge is 0.302 e. The van der Waals surface area contributed by atoms with Crippen molar-refractivity contribution >= 4 is 34.9 Å².